The Bertz CT molecular complexity index is 201. The van der Waals surface area contributed by atoms with E-state index in [2.05, 4.69) is 0 Å². The molecule has 0 aromatic carbocycles. The largest absolute Gasteiger partial charge is 0.335 e. The first kappa shape index (κ1) is 10.3. The summed E-state index contributed by atoms with van der Waals surface area (Å²) in [5.74, 6) is 0.109. The second-order valence-electron chi connectivity index (χ2n) is 3.42. The zero-order valence-electron chi connectivity index (χ0n) is 8.20. The van der Waals surface area contributed by atoms with Crippen molar-refractivity contribution in [2.75, 3.05) is 13.1 Å². The monoisotopic (exact) mass is 182 g/mol. The van der Waals surface area contributed by atoms with Gasteiger partial charge in [0.2, 0.25) is 5.91 Å². The molecule has 0 saturated carbocycles. The van der Waals surface area contributed by atoms with Gasteiger partial charge in [0.05, 0.1) is 0 Å². The molecule has 74 valence electrons. The maximum Gasteiger partial charge on any atom is 0.246 e. The molecule has 1 atom stereocenters. The van der Waals surface area contributed by atoms with Crippen molar-refractivity contribution in [3.8, 4) is 0 Å². The second kappa shape index (κ2) is 5.02. The molecule has 1 fully saturated rings. The van der Waals surface area contributed by atoms with Gasteiger partial charge in [-0.25, -0.2) is 0 Å². The average Bonchev–Trinajstić information content (AvgIpc) is 2.18. The molecule has 0 aliphatic carbocycles. The zero-order chi connectivity index (χ0) is 9.68. The lowest BCUT2D eigenvalue weighted by Gasteiger charge is -2.34. The number of allylic oxidation sites excluding steroid dienone is 1. The Morgan fingerprint density at radius 2 is 2.38 bits per heavy atom. The van der Waals surface area contributed by atoms with Crippen LogP contribution in [0.4, 0.5) is 0 Å². The molecular formula is C10H18N2O. The molecule has 1 heterocycles. The maximum atomic E-state index is 11.6. The van der Waals surface area contributed by atoms with Gasteiger partial charge in [-0.1, -0.05) is 6.08 Å². The number of nitrogens with zero attached hydrogens (tertiary/aromatic N) is 1. The number of carbonyl (C=O) groups excluding carboxylic acids is 1. The molecule has 0 aromatic rings. The quantitative estimate of drug-likeness (QED) is 0.645. The number of nitrogens with two attached hydrogens (primary N) is 1. The highest BCUT2D eigenvalue weighted by Gasteiger charge is 2.23. The molecule has 3 heteroatoms. The number of carbonyl (C=O) groups is 1. The van der Waals surface area contributed by atoms with Crippen LogP contribution in [0.2, 0.25) is 0 Å². The van der Waals surface area contributed by atoms with Gasteiger partial charge in [0.25, 0.3) is 0 Å². The molecule has 1 aliphatic heterocycles. The lowest BCUT2D eigenvalue weighted by molar-refractivity contribution is -0.129. The third-order valence-electron chi connectivity index (χ3n) is 2.49. The number of amides is 1. The Morgan fingerprint density at radius 3 is 3.00 bits per heavy atom. The standard InChI is InChI=1S/C10H18N2O/c1-2-5-10(13)12-7-4-3-6-9(12)8-11/h2,5,9H,3-4,6-8,11H2,1H3. The summed E-state index contributed by atoms with van der Waals surface area (Å²) in [6, 6.07) is 0.262. The fourth-order valence-electron chi connectivity index (χ4n) is 1.77. The summed E-state index contributed by atoms with van der Waals surface area (Å²) in [5.41, 5.74) is 5.61. The van der Waals surface area contributed by atoms with E-state index in [4.69, 9.17) is 5.73 Å². The number of hydrogen-bond donors (Lipinski definition) is 1. The summed E-state index contributed by atoms with van der Waals surface area (Å²) in [6.07, 6.45) is 6.76. The number of likely N-dealkylation sites (tertiary alicyclic amines) is 1. The van der Waals surface area contributed by atoms with Gasteiger partial charge >= 0.3 is 0 Å². The minimum atomic E-state index is 0.109. The normalized spacial score (nSPS) is 23.8. The molecule has 1 aliphatic rings. The van der Waals surface area contributed by atoms with Gasteiger partial charge in [0.1, 0.15) is 0 Å². The van der Waals surface area contributed by atoms with E-state index in [-0.39, 0.29) is 11.9 Å². The third kappa shape index (κ3) is 2.56. The van der Waals surface area contributed by atoms with Crippen LogP contribution < -0.4 is 5.73 Å². The molecule has 0 bridgehead atoms. The van der Waals surface area contributed by atoms with Crippen molar-refractivity contribution in [3.63, 3.8) is 0 Å². The first-order valence-corrected chi connectivity index (χ1v) is 4.93. The van der Waals surface area contributed by atoms with Crippen molar-refractivity contribution in [3.05, 3.63) is 12.2 Å². The molecule has 0 spiro atoms. The minimum absolute atomic E-state index is 0.109. The Labute approximate surface area is 79.6 Å². The van der Waals surface area contributed by atoms with Crippen molar-refractivity contribution in [2.24, 2.45) is 5.73 Å². The lowest BCUT2D eigenvalue weighted by Crippen LogP contribution is -2.46. The average molecular weight is 182 g/mol. The van der Waals surface area contributed by atoms with Crippen LogP contribution in [0.5, 0.6) is 0 Å². The maximum absolute atomic E-state index is 11.6. The van der Waals surface area contributed by atoms with Gasteiger partial charge in [-0.15, -0.1) is 0 Å². The summed E-state index contributed by atoms with van der Waals surface area (Å²) in [7, 11) is 0. The summed E-state index contributed by atoms with van der Waals surface area (Å²) in [4.78, 5) is 13.4. The van der Waals surface area contributed by atoms with E-state index >= 15 is 0 Å². The van der Waals surface area contributed by atoms with Crippen LogP contribution in [0.3, 0.4) is 0 Å². The van der Waals surface area contributed by atoms with Gasteiger partial charge in [0.15, 0.2) is 0 Å². The van der Waals surface area contributed by atoms with Crippen LogP contribution >= 0.6 is 0 Å². The van der Waals surface area contributed by atoms with Crippen molar-refractivity contribution in [1.82, 2.24) is 4.90 Å². The molecule has 3 nitrogen and oxygen atoms in total. The van der Waals surface area contributed by atoms with E-state index in [9.17, 15) is 4.79 Å². The molecule has 0 radical (unpaired) electrons. The van der Waals surface area contributed by atoms with E-state index in [0.717, 1.165) is 19.4 Å². The second-order valence-corrected chi connectivity index (χ2v) is 3.42. The number of hydrogen-bond acceptors (Lipinski definition) is 2. The van der Waals surface area contributed by atoms with E-state index in [0.29, 0.717) is 6.54 Å². The van der Waals surface area contributed by atoms with Crippen LogP contribution in [0, 0.1) is 0 Å². The summed E-state index contributed by atoms with van der Waals surface area (Å²) in [6.45, 7) is 3.31. The van der Waals surface area contributed by atoms with Gasteiger partial charge in [-0.05, 0) is 32.3 Å². The fraction of sp³-hybridized carbons (Fsp3) is 0.700. The fourth-order valence-corrected chi connectivity index (χ4v) is 1.77. The topological polar surface area (TPSA) is 46.3 Å². The number of rotatable bonds is 2. The molecule has 1 saturated heterocycles. The SMILES string of the molecule is CC=CC(=O)N1CCCCC1CN. The first-order chi connectivity index (χ1) is 6.29. The summed E-state index contributed by atoms with van der Waals surface area (Å²) < 4.78 is 0. The highest BCUT2D eigenvalue weighted by atomic mass is 16.2. The van der Waals surface area contributed by atoms with E-state index in [1.165, 1.54) is 6.42 Å². The van der Waals surface area contributed by atoms with Gasteiger partial charge < -0.3 is 10.6 Å². The van der Waals surface area contributed by atoms with E-state index < -0.39 is 0 Å². The number of piperidine rings is 1. The first-order valence-electron chi connectivity index (χ1n) is 4.93. The van der Waals surface area contributed by atoms with E-state index in [1.54, 1.807) is 12.2 Å². The van der Waals surface area contributed by atoms with Crippen molar-refractivity contribution in [2.45, 2.75) is 32.2 Å². The molecule has 1 amide bonds. The predicted octanol–water partition coefficient (Wildman–Crippen LogP) is 0.902. The van der Waals surface area contributed by atoms with Crippen molar-refractivity contribution in [1.29, 1.82) is 0 Å². The smallest absolute Gasteiger partial charge is 0.246 e. The molecule has 1 rings (SSSR count). The van der Waals surface area contributed by atoms with Crippen molar-refractivity contribution < 1.29 is 4.79 Å². The molecule has 13 heavy (non-hydrogen) atoms. The Hall–Kier alpha value is -0.830. The predicted molar refractivity (Wildman–Crippen MR) is 53.2 cm³/mol. The zero-order valence-corrected chi connectivity index (χ0v) is 8.20. The van der Waals surface area contributed by atoms with Gasteiger partial charge in [0, 0.05) is 19.1 Å². The Morgan fingerprint density at radius 1 is 1.62 bits per heavy atom. The van der Waals surface area contributed by atoms with Gasteiger partial charge in [-0.2, -0.15) is 0 Å². The van der Waals surface area contributed by atoms with Crippen LogP contribution in [0.1, 0.15) is 26.2 Å². The lowest BCUT2D eigenvalue weighted by atomic mass is 10.0. The van der Waals surface area contributed by atoms with Crippen LogP contribution in [-0.2, 0) is 4.79 Å². The molecule has 0 aromatic heterocycles. The molecular weight excluding hydrogens is 164 g/mol. The van der Waals surface area contributed by atoms with Gasteiger partial charge in [-0.3, -0.25) is 4.79 Å². The van der Waals surface area contributed by atoms with E-state index in [1.807, 2.05) is 11.8 Å². The van der Waals surface area contributed by atoms with Crippen molar-refractivity contribution >= 4 is 5.91 Å². The minimum Gasteiger partial charge on any atom is -0.335 e. The Balaban J connectivity index is 2.58. The molecule has 1 unspecified atom stereocenters. The highest BCUT2D eigenvalue weighted by Crippen LogP contribution is 2.16. The third-order valence-corrected chi connectivity index (χ3v) is 2.49. The van der Waals surface area contributed by atoms with Crippen LogP contribution in [0.15, 0.2) is 12.2 Å². The highest BCUT2D eigenvalue weighted by molar-refractivity contribution is 5.87. The van der Waals surface area contributed by atoms with Crippen LogP contribution in [0.25, 0.3) is 0 Å². The summed E-state index contributed by atoms with van der Waals surface area (Å²) >= 11 is 0. The van der Waals surface area contributed by atoms with Crippen LogP contribution in [-0.4, -0.2) is 29.9 Å². The summed E-state index contributed by atoms with van der Waals surface area (Å²) in [5, 5.41) is 0. The molecule has 2 N–H and O–H groups in total. The Kier molecular flexibility index (Phi) is 3.96.